The second-order valence-corrected chi connectivity index (χ2v) is 12.5. The minimum absolute atomic E-state index is 0.115. The lowest BCUT2D eigenvalue weighted by molar-refractivity contribution is -0.139. The van der Waals surface area contributed by atoms with Gasteiger partial charge < -0.3 is 15.1 Å². The van der Waals surface area contributed by atoms with Crippen LogP contribution in [-0.4, -0.2) is 28.2 Å². The summed E-state index contributed by atoms with van der Waals surface area (Å²) in [5, 5.41) is 2.74. The summed E-state index contributed by atoms with van der Waals surface area (Å²) < 4.78 is 81.1. The molecule has 0 saturated heterocycles. The maximum absolute atomic E-state index is 14.6. The second kappa shape index (κ2) is 13.1. The predicted octanol–water partition coefficient (Wildman–Crippen LogP) is 7.42. The fourth-order valence-electron chi connectivity index (χ4n) is 5.05. The smallest absolute Gasteiger partial charge is 0.324 e. The molecule has 0 radical (unpaired) electrons. The molecule has 2 aromatic rings. The van der Waals surface area contributed by atoms with Crippen LogP contribution in [0.3, 0.4) is 0 Å². The first-order chi connectivity index (χ1) is 17.4. The van der Waals surface area contributed by atoms with Crippen molar-refractivity contribution in [3.63, 3.8) is 0 Å². The van der Waals surface area contributed by atoms with Gasteiger partial charge in [-0.15, -0.1) is 11.8 Å². The molecule has 0 spiro atoms. The van der Waals surface area contributed by atoms with Crippen LogP contribution in [0.1, 0.15) is 68.1 Å². The van der Waals surface area contributed by atoms with E-state index in [1.807, 2.05) is 12.1 Å². The van der Waals surface area contributed by atoms with Crippen LogP contribution in [0.2, 0.25) is 0 Å². The van der Waals surface area contributed by atoms with Crippen molar-refractivity contribution >= 4 is 19.4 Å². The Morgan fingerprint density at radius 1 is 1.00 bits per heavy atom. The van der Waals surface area contributed by atoms with Crippen molar-refractivity contribution in [3.8, 4) is 0 Å². The van der Waals surface area contributed by atoms with Gasteiger partial charge in [0.1, 0.15) is 11.6 Å². The normalized spacial score (nSPS) is 15.9. The van der Waals surface area contributed by atoms with Gasteiger partial charge in [0, 0.05) is 17.0 Å². The molecule has 0 unspecified atom stereocenters. The summed E-state index contributed by atoms with van der Waals surface area (Å²) in [5.41, 5.74) is -0.544. The zero-order valence-corrected chi connectivity index (χ0v) is 22.2. The molecule has 2 aromatic carbocycles. The zero-order valence-electron chi connectivity index (χ0n) is 20.5. The quantitative estimate of drug-likeness (QED) is 0.102. The summed E-state index contributed by atoms with van der Waals surface area (Å²) in [6.07, 6.45) is 1.11. The monoisotopic (exact) mass is 565 g/mol. The average Bonchev–Trinajstić information content (AvgIpc) is 3.28. The van der Waals surface area contributed by atoms with Crippen LogP contribution in [0, 0.1) is 11.6 Å². The summed E-state index contributed by atoms with van der Waals surface area (Å²) in [4.78, 5) is 17.5. The number of benzene rings is 2. The van der Waals surface area contributed by atoms with Crippen molar-refractivity contribution in [2.75, 3.05) is 18.5 Å². The number of unbranched alkanes of at least 4 members (excludes halogenated alkanes) is 1. The zero-order chi connectivity index (χ0) is 27.1. The molecule has 0 aliphatic heterocycles. The van der Waals surface area contributed by atoms with Gasteiger partial charge >= 0.3 is 13.8 Å². The van der Waals surface area contributed by atoms with Crippen LogP contribution in [0.4, 0.5) is 22.0 Å². The van der Waals surface area contributed by atoms with Gasteiger partial charge in [0.25, 0.3) is 0 Å². The Labute approximate surface area is 218 Å². The van der Waals surface area contributed by atoms with E-state index in [0.29, 0.717) is 12.2 Å². The fourth-order valence-corrected chi connectivity index (χ4v) is 6.71. The SMILES string of the molecule is O=P(O)(O)CCCNCc1cc(C(F)(F)F)c(SCCCCC2(c3ccccc3F)CCCC2)cc1F. The lowest BCUT2D eigenvalue weighted by Gasteiger charge is -2.30. The number of thioether (sulfide) groups is 1. The van der Waals surface area contributed by atoms with Gasteiger partial charge in [0.2, 0.25) is 0 Å². The van der Waals surface area contributed by atoms with Gasteiger partial charge in [0.15, 0.2) is 0 Å². The lowest BCUT2D eigenvalue weighted by Crippen LogP contribution is -2.23. The molecule has 3 rings (SSSR count). The Bertz CT molecular complexity index is 1090. The van der Waals surface area contributed by atoms with E-state index < -0.39 is 25.2 Å². The molecule has 37 heavy (non-hydrogen) atoms. The van der Waals surface area contributed by atoms with E-state index >= 15 is 0 Å². The molecule has 4 nitrogen and oxygen atoms in total. The van der Waals surface area contributed by atoms with Gasteiger partial charge in [-0.1, -0.05) is 37.5 Å². The lowest BCUT2D eigenvalue weighted by atomic mass is 9.75. The summed E-state index contributed by atoms with van der Waals surface area (Å²) in [6.45, 7) is -0.0457. The summed E-state index contributed by atoms with van der Waals surface area (Å²) in [5.74, 6) is -0.585. The van der Waals surface area contributed by atoms with Crippen LogP contribution in [0.25, 0.3) is 0 Å². The Morgan fingerprint density at radius 2 is 1.70 bits per heavy atom. The highest BCUT2D eigenvalue weighted by Gasteiger charge is 2.37. The molecule has 206 valence electrons. The number of hydrogen-bond donors (Lipinski definition) is 3. The molecule has 1 aliphatic carbocycles. The standard InChI is InChI=1S/C26H33F5NO3PS/c27-22-9-2-1-8-20(22)25(10-3-4-11-25)12-5-6-15-37-24-17-23(28)19(16-21(24)26(29,30)31)18-32-13-7-14-36(33,34)35/h1-2,8-9,16-17,32H,3-7,10-15,18H2,(H2,33,34,35). The van der Waals surface area contributed by atoms with Crippen molar-refractivity contribution in [1.29, 1.82) is 0 Å². The minimum Gasteiger partial charge on any atom is -0.324 e. The highest BCUT2D eigenvalue weighted by atomic mass is 32.2. The van der Waals surface area contributed by atoms with E-state index in [0.717, 1.165) is 68.0 Å². The molecule has 0 atom stereocenters. The number of halogens is 5. The van der Waals surface area contributed by atoms with Gasteiger partial charge in [-0.3, -0.25) is 4.57 Å². The molecule has 11 heteroatoms. The van der Waals surface area contributed by atoms with Gasteiger partial charge in [-0.25, -0.2) is 8.78 Å². The van der Waals surface area contributed by atoms with E-state index in [-0.39, 0.29) is 47.4 Å². The highest BCUT2D eigenvalue weighted by Crippen LogP contribution is 2.46. The van der Waals surface area contributed by atoms with E-state index in [4.69, 9.17) is 9.79 Å². The summed E-state index contributed by atoms with van der Waals surface area (Å²) in [7, 11) is -4.15. The molecule has 0 heterocycles. The average molecular weight is 566 g/mol. The third kappa shape index (κ3) is 8.79. The molecular weight excluding hydrogens is 532 g/mol. The number of nitrogens with one attached hydrogen (secondary N) is 1. The minimum atomic E-state index is -4.65. The van der Waals surface area contributed by atoms with Crippen molar-refractivity contribution < 1.29 is 36.3 Å². The maximum atomic E-state index is 14.6. The first-order valence-corrected chi connectivity index (χ1v) is 15.2. The first-order valence-electron chi connectivity index (χ1n) is 12.4. The second-order valence-electron chi connectivity index (χ2n) is 9.63. The van der Waals surface area contributed by atoms with Crippen molar-refractivity contribution in [1.82, 2.24) is 5.32 Å². The Kier molecular flexibility index (Phi) is 10.6. The molecule has 0 aromatic heterocycles. The van der Waals surface area contributed by atoms with Crippen LogP contribution in [0.5, 0.6) is 0 Å². The van der Waals surface area contributed by atoms with Crippen LogP contribution >= 0.6 is 19.4 Å². The Morgan fingerprint density at radius 3 is 2.35 bits per heavy atom. The van der Waals surface area contributed by atoms with E-state index in [1.54, 1.807) is 6.07 Å². The first kappa shape index (κ1) is 30.1. The fraction of sp³-hybridized carbons (Fsp3) is 0.538. The molecule has 0 amide bonds. The van der Waals surface area contributed by atoms with Gasteiger partial charge in [-0.05, 0) is 73.6 Å². The highest BCUT2D eigenvalue weighted by molar-refractivity contribution is 7.99. The van der Waals surface area contributed by atoms with Crippen molar-refractivity contribution in [2.24, 2.45) is 0 Å². The van der Waals surface area contributed by atoms with Crippen molar-refractivity contribution in [2.45, 2.75) is 74.4 Å². The summed E-state index contributed by atoms with van der Waals surface area (Å²) in [6, 6.07) is 8.53. The van der Waals surface area contributed by atoms with Gasteiger partial charge in [0.05, 0.1) is 11.7 Å². The van der Waals surface area contributed by atoms with Crippen molar-refractivity contribution in [3.05, 3.63) is 64.7 Å². The van der Waals surface area contributed by atoms with Crippen LogP contribution in [0.15, 0.2) is 41.3 Å². The summed E-state index contributed by atoms with van der Waals surface area (Å²) >= 11 is 0.971. The Hall–Kier alpha value is -1.45. The number of hydrogen-bond acceptors (Lipinski definition) is 3. The Balaban J connectivity index is 1.57. The predicted molar refractivity (Wildman–Crippen MR) is 136 cm³/mol. The third-order valence-corrected chi connectivity index (χ3v) is 8.93. The molecular formula is C26H33F5NO3PS. The molecule has 3 N–H and O–H groups in total. The largest absolute Gasteiger partial charge is 0.417 e. The van der Waals surface area contributed by atoms with E-state index in [1.165, 1.54) is 6.07 Å². The van der Waals surface area contributed by atoms with Gasteiger partial charge in [-0.2, -0.15) is 13.2 Å². The molecule has 1 fully saturated rings. The van der Waals surface area contributed by atoms with Crippen LogP contribution in [-0.2, 0) is 22.7 Å². The van der Waals surface area contributed by atoms with E-state index in [2.05, 4.69) is 5.32 Å². The number of rotatable bonds is 13. The van der Waals surface area contributed by atoms with E-state index in [9.17, 15) is 26.5 Å². The molecule has 1 saturated carbocycles. The topological polar surface area (TPSA) is 69.6 Å². The third-order valence-electron chi connectivity index (χ3n) is 6.89. The van der Waals surface area contributed by atoms with Crippen LogP contribution < -0.4 is 5.32 Å². The maximum Gasteiger partial charge on any atom is 0.417 e. The molecule has 1 aliphatic rings. The molecule has 0 bridgehead atoms. The number of alkyl halides is 3.